The molecule has 0 aliphatic rings. The molecule has 0 saturated carbocycles. The van der Waals surface area contributed by atoms with Crippen LogP contribution in [-0.2, 0) is 16.1 Å². The molecule has 0 atom stereocenters. The van der Waals surface area contributed by atoms with Crippen molar-refractivity contribution in [2.45, 2.75) is 32.0 Å². The summed E-state index contributed by atoms with van der Waals surface area (Å²) in [6, 6.07) is 6.09. The molecule has 0 amide bonds. The van der Waals surface area contributed by atoms with Crippen LogP contribution in [0.25, 0.3) is 11.0 Å². The van der Waals surface area contributed by atoms with E-state index in [-0.39, 0.29) is 5.75 Å². The van der Waals surface area contributed by atoms with Crippen LogP contribution in [-0.4, -0.2) is 39.6 Å². The highest BCUT2D eigenvalue weighted by Crippen LogP contribution is 2.25. The minimum atomic E-state index is -0.830. The molecule has 1 N–H and O–H groups in total. The Hall–Kier alpha value is -1.53. The fourth-order valence-electron chi connectivity index (χ4n) is 2.13. The second-order valence-electron chi connectivity index (χ2n) is 4.77. The first-order chi connectivity index (χ1) is 10.1. The minimum Gasteiger partial charge on any atom is -0.481 e. The molecule has 2 rings (SSSR count). The zero-order valence-corrected chi connectivity index (χ0v) is 13.2. The third-order valence-electron chi connectivity index (χ3n) is 3.07. The van der Waals surface area contributed by atoms with E-state index in [1.54, 1.807) is 0 Å². The van der Waals surface area contributed by atoms with Gasteiger partial charge in [0, 0.05) is 19.8 Å². The number of carboxylic acids is 1. The van der Waals surface area contributed by atoms with Gasteiger partial charge in [0.2, 0.25) is 0 Å². The van der Waals surface area contributed by atoms with Gasteiger partial charge in [-0.05, 0) is 38.0 Å². The summed E-state index contributed by atoms with van der Waals surface area (Å²) in [5.41, 5.74) is 3.13. The SMILES string of the molecule is CCOCCCn1c(SCC(=O)O)nc2ccc(C)cc21. The lowest BCUT2D eigenvalue weighted by Gasteiger charge is -2.08. The third kappa shape index (κ3) is 4.22. The number of ether oxygens (including phenoxy) is 1. The molecule has 1 heterocycles. The molecule has 1 aromatic carbocycles. The average Bonchev–Trinajstić information content (AvgIpc) is 2.78. The zero-order valence-electron chi connectivity index (χ0n) is 12.3. The highest BCUT2D eigenvalue weighted by Gasteiger charge is 2.12. The maximum Gasteiger partial charge on any atom is 0.313 e. The number of carbonyl (C=O) groups is 1. The van der Waals surface area contributed by atoms with E-state index in [1.165, 1.54) is 17.3 Å². The van der Waals surface area contributed by atoms with Crippen LogP contribution in [0.5, 0.6) is 0 Å². The number of carboxylic acid groups (broad SMARTS) is 1. The van der Waals surface area contributed by atoms with Gasteiger partial charge in [0.1, 0.15) is 0 Å². The van der Waals surface area contributed by atoms with Crippen LogP contribution in [0.15, 0.2) is 23.4 Å². The number of aryl methyl sites for hydroxylation is 2. The van der Waals surface area contributed by atoms with E-state index in [2.05, 4.69) is 15.6 Å². The van der Waals surface area contributed by atoms with Crippen molar-refractivity contribution in [2.24, 2.45) is 0 Å². The summed E-state index contributed by atoms with van der Waals surface area (Å²) < 4.78 is 7.46. The molecule has 0 radical (unpaired) electrons. The highest BCUT2D eigenvalue weighted by atomic mass is 32.2. The molecule has 0 unspecified atom stereocenters. The van der Waals surface area contributed by atoms with Gasteiger partial charge in [-0.3, -0.25) is 4.79 Å². The zero-order chi connectivity index (χ0) is 15.2. The van der Waals surface area contributed by atoms with Crippen molar-refractivity contribution in [3.8, 4) is 0 Å². The summed E-state index contributed by atoms with van der Waals surface area (Å²) >= 11 is 1.26. The van der Waals surface area contributed by atoms with Gasteiger partial charge >= 0.3 is 5.97 Å². The quantitative estimate of drug-likeness (QED) is 0.600. The topological polar surface area (TPSA) is 64.3 Å². The summed E-state index contributed by atoms with van der Waals surface area (Å²) in [5.74, 6) is -0.808. The van der Waals surface area contributed by atoms with E-state index in [0.29, 0.717) is 13.2 Å². The van der Waals surface area contributed by atoms with Crippen LogP contribution in [0, 0.1) is 6.92 Å². The second kappa shape index (κ2) is 7.47. The predicted molar refractivity (Wildman–Crippen MR) is 83.9 cm³/mol. The number of hydrogen-bond donors (Lipinski definition) is 1. The predicted octanol–water partition coefficient (Wildman–Crippen LogP) is 2.95. The van der Waals surface area contributed by atoms with Crippen molar-refractivity contribution in [1.82, 2.24) is 9.55 Å². The van der Waals surface area contributed by atoms with Gasteiger partial charge in [0.05, 0.1) is 16.8 Å². The van der Waals surface area contributed by atoms with Crippen LogP contribution in [0.3, 0.4) is 0 Å². The number of aromatic nitrogens is 2. The minimum absolute atomic E-state index is 0.0216. The summed E-state index contributed by atoms with van der Waals surface area (Å²) in [7, 11) is 0. The van der Waals surface area contributed by atoms with E-state index < -0.39 is 5.97 Å². The summed E-state index contributed by atoms with van der Waals surface area (Å²) in [6.07, 6.45) is 0.883. The first kappa shape index (κ1) is 15.9. The van der Waals surface area contributed by atoms with Crippen molar-refractivity contribution in [3.05, 3.63) is 23.8 Å². The van der Waals surface area contributed by atoms with Crippen molar-refractivity contribution in [2.75, 3.05) is 19.0 Å². The maximum absolute atomic E-state index is 10.8. The van der Waals surface area contributed by atoms with Crippen molar-refractivity contribution >= 4 is 28.8 Å². The molecule has 0 saturated heterocycles. The largest absolute Gasteiger partial charge is 0.481 e. The number of hydrogen-bond acceptors (Lipinski definition) is 4. The first-order valence-electron chi connectivity index (χ1n) is 7.01. The van der Waals surface area contributed by atoms with Gasteiger partial charge in [-0.2, -0.15) is 0 Å². The van der Waals surface area contributed by atoms with Crippen LogP contribution in [0.4, 0.5) is 0 Å². The number of benzene rings is 1. The highest BCUT2D eigenvalue weighted by molar-refractivity contribution is 7.99. The molecule has 0 aliphatic carbocycles. The Morgan fingerprint density at radius 3 is 3.00 bits per heavy atom. The lowest BCUT2D eigenvalue weighted by Crippen LogP contribution is -2.06. The fraction of sp³-hybridized carbons (Fsp3) is 0.467. The van der Waals surface area contributed by atoms with Gasteiger partial charge in [0.25, 0.3) is 0 Å². The molecule has 0 bridgehead atoms. The van der Waals surface area contributed by atoms with Crippen molar-refractivity contribution in [3.63, 3.8) is 0 Å². The van der Waals surface area contributed by atoms with E-state index in [0.717, 1.165) is 29.2 Å². The Morgan fingerprint density at radius 2 is 2.29 bits per heavy atom. The number of rotatable bonds is 8. The number of aliphatic carboxylic acids is 1. The summed E-state index contributed by atoms with van der Waals surface area (Å²) in [4.78, 5) is 15.3. The lowest BCUT2D eigenvalue weighted by atomic mass is 10.2. The molecule has 21 heavy (non-hydrogen) atoms. The standard InChI is InChI=1S/C15H20N2O3S/c1-3-20-8-4-7-17-13-9-11(2)5-6-12(13)16-15(17)21-10-14(18)19/h5-6,9H,3-4,7-8,10H2,1-2H3,(H,18,19). The lowest BCUT2D eigenvalue weighted by molar-refractivity contribution is -0.133. The molecule has 0 spiro atoms. The monoisotopic (exact) mass is 308 g/mol. The number of fused-ring (bicyclic) bond motifs is 1. The third-order valence-corrected chi connectivity index (χ3v) is 4.03. The molecule has 114 valence electrons. The molecule has 1 aromatic heterocycles. The maximum atomic E-state index is 10.8. The Kier molecular flexibility index (Phi) is 5.64. The average molecular weight is 308 g/mol. The van der Waals surface area contributed by atoms with Gasteiger partial charge in [0.15, 0.2) is 5.16 Å². The molecule has 5 nitrogen and oxygen atoms in total. The first-order valence-corrected chi connectivity index (χ1v) is 7.99. The molecule has 0 fully saturated rings. The van der Waals surface area contributed by atoms with Gasteiger partial charge in [-0.1, -0.05) is 17.8 Å². The Balaban J connectivity index is 2.24. The van der Waals surface area contributed by atoms with E-state index in [4.69, 9.17) is 9.84 Å². The molecule has 2 aromatic rings. The smallest absolute Gasteiger partial charge is 0.313 e. The number of imidazole rings is 1. The van der Waals surface area contributed by atoms with E-state index >= 15 is 0 Å². The summed E-state index contributed by atoms with van der Waals surface area (Å²) in [6.45, 7) is 6.21. The van der Waals surface area contributed by atoms with Crippen LogP contribution in [0.2, 0.25) is 0 Å². The van der Waals surface area contributed by atoms with Gasteiger partial charge < -0.3 is 14.4 Å². The Labute approximate surface area is 128 Å². The fourth-order valence-corrected chi connectivity index (χ4v) is 2.89. The van der Waals surface area contributed by atoms with Crippen LogP contribution >= 0.6 is 11.8 Å². The Bertz CT molecular complexity index is 625. The normalized spacial score (nSPS) is 11.1. The molecular formula is C15H20N2O3S. The molecule has 6 heteroatoms. The van der Waals surface area contributed by atoms with Gasteiger partial charge in [-0.15, -0.1) is 0 Å². The molecular weight excluding hydrogens is 288 g/mol. The number of nitrogens with zero attached hydrogens (tertiary/aromatic N) is 2. The van der Waals surface area contributed by atoms with Crippen LogP contribution < -0.4 is 0 Å². The van der Waals surface area contributed by atoms with Gasteiger partial charge in [-0.25, -0.2) is 4.98 Å². The van der Waals surface area contributed by atoms with Crippen molar-refractivity contribution in [1.29, 1.82) is 0 Å². The van der Waals surface area contributed by atoms with Crippen molar-refractivity contribution < 1.29 is 14.6 Å². The van der Waals surface area contributed by atoms with E-state index in [1.807, 2.05) is 26.0 Å². The van der Waals surface area contributed by atoms with Crippen LogP contribution in [0.1, 0.15) is 18.9 Å². The Morgan fingerprint density at radius 1 is 1.48 bits per heavy atom. The van der Waals surface area contributed by atoms with E-state index in [9.17, 15) is 4.79 Å². The molecule has 0 aliphatic heterocycles. The second-order valence-corrected chi connectivity index (χ2v) is 5.71. The number of thioether (sulfide) groups is 1. The summed E-state index contributed by atoms with van der Waals surface area (Å²) in [5, 5.41) is 9.61.